The predicted octanol–water partition coefficient (Wildman–Crippen LogP) is 3.73. The van der Waals surface area contributed by atoms with Gasteiger partial charge in [0.15, 0.2) is 10.6 Å². The van der Waals surface area contributed by atoms with Crippen molar-refractivity contribution in [3.63, 3.8) is 0 Å². The number of phenolic OH excluding ortho intramolecular Hbond substituents is 1. The molecule has 4 rings (SSSR count). The summed E-state index contributed by atoms with van der Waals surface area (Å²) in [5.74, 6) is 0.00945. The molecule has 0 radical (unpaired) electrons. The number of aromatic hydroxyl groups is 1. The monoisotopic (exact) mass is 400 g/mol. The van der Waals surface area contributed by atoms with Crippen molar-refractivity contribution in [1.29, 1.82) is 0 Å². The van der Waals surface area contributed by atoms with Gasteiger partial charge in [-0.1, -0.05) is 12.1 Å². The van der Waals surface area contributed by atoms with Gasteiger partial charge in [-0.15, -0.1) is 10.2 Å². The lowest BCUT2D eigenvalue weighted by molar-refractivity contribution is 0.481. The van der Waals surface area contributed by atoms with E-state index in [1.54, 1.807) is 36.7 Å². The second-order valence-electron chi connectivity index (χ2n) is 5.62. The van der Waals surface area contributed by atoms with Crippen LogP contribution in [0.3, 0.4) is 0 Å². The summed E-state index contributed by atoms with van der Waals surface area (Å²) < 4.78 is 30.0. The third-order valence-corrected chi connectivity index (χ3v) is 4.94. The lowest BCUT2D eigenvalue weighted by Crippen LogP contribution is -2.09. The fourth-order valence-corrected chi connectivity index (χ4v) is 3.77. The summed E-state index contributed by atoms with van der Waals surface area (Å²) in [6, 6.07) is 7.94. The van der Waals surface area contributed by atoms with E-state index < -0.39 is 10.0 Å². The second-order valence-corrected chi connectivity index (χ2v) is 8.12. The van der Waals surface area contributed by atoms with Gasteiger partial charge >= 0.3 is 0 Å². The molecule has 0 atom stereocenters. The van der Waals surface area contributed by atoms with Gasteiger partial charge in [0.1, 0.15) is 11.3 Å². The van der Waals surface area contributed by atoms with E-state index in [4.69, 9.17) is 0 Å². The average molecular weight is 400 g/mol. The van der Waals surface area contributed by atoms with Crippen molar-refractivity contribution in [2.75, 3.05) is 11.0 Å². The molecule has 0 fully saturated rings. The van der Waals surface area contributed by atoms with Gasteiger partial charge in [0.05, 0.1) is 17.6 Å². The first-order valence-corrected chi connectivity index (χ1v) is 10.3. The van der Waals surface area contributed by atoms with Crippen molar-refractivity contribution in [2.24, 2.45) is 10.2 Å². The average Bonchev–Trinajstić information content (AvgIpc) is 3.04. The van der Waals surface area contributed by atoms with Crippen LogP contribution in [0.1, 0.15) is 0 Å². The van der Waals surface area contributed by atoms with Crippen molar-refractivity contribution in [1.82, 2.24) is 14.3 Å². The highest BCUT2D eigenvalue weighted by molar-refractivity contribution is 7.92. The van der Waals surface area contributed by atoms with Gasteiger partial charge in [-0.25, -0.2) is 18.4 Å². The van der Waals surface area contributed by atoms with E-state index in [1.165, 1.54) is 6.07 Å². The van der Waals surface area contributed by atoms with Crippen LogP contribution in [0.15, 0.2) is 53.0 Å². The van der Waals surface area contributed by atoms with Gasteiger partial charge in [-0.3, -0.25) is 4.72 Å². The first-order chi connectivity index (χ1) is 12.9. The van der Waals surface area contributed by atoms with Crippen LogP contribution in [0.5, 0.6) is 5.75 Å². The standard InChI is InChI=1S/C16H12N6O3S2/c1-27(24,25)22-11-4-2-3-9-12(23)6-5-10(13(9)11)19-20-16-14-15(21-26-16)18-8-7-17-14/h2-8,22-23H,1H3. The lowest BCUT2D eigenvalue weighted by atomic mass is 10.1. The quantitative estimate of drug-likeness (QED) is 0.502. The molecule has 4 aromatic rings. The van der Waals surface area contributed by atoms with Crippen molar-refractivity contribution in [2.45, 2.75) is 0 Å². The number of azo groups is 1. The second kappa shape index (κ2) is 6.52. The third kappa shape index (κ3) is 3.41. The third-order valence-electron chi connectivity index (χ3n) is 3.64. The van der Waals surface area contributed by atoms with E-state index in [0.29, 0.717) is 38.3 Å². The van der Waals surface area contributed by atoms with E-state index in [-0.39, 0.29) is 5.75 Å². The summed E-state index contributed by atoms with van der Waals surface area (Å²) in [4.78, 5) is 8.29. The largest absolute Gasteiger partial charge is 0.507 e. The zero-order valence-corrected chi connectivity index (χ0v) is 15.5. The molecule has 2 aromatic heterocycles. The summed E-state index contributed by atoms with van der Waals surface area (Å²) in [5.41, 5.74) is 1.70. The first kappa shape index (κ1) is 17.2. The van der Waals surface area contributed by atoms with Crippen LogP contribution in [0.25, 0.3) is 21.9 Å². The topological polar surface area (TPSA) is 130 Å². The number of hydrogen-bond donors (Lipinski definition) is 2. The molecule has 2 N–H and O–H groups in total. The molecule has 9 nitrogen and oxygen atoms in total. The summed E-state index contributed by atoms with van der Waals surface area (Å²) in [5, 5.41) is 19.9. The highest BCUT2D eigenvalue weighted by Crippen LogP contribution is 2.39. The Morgan fingerprint density at radius 1 is 1.11 bits per heavy atom. The van der Waals surface area contributed by atoms with Gasteiger partial charge in [0, 0.05) is 23.2 Å². The van der Waals surface area contributed by atoms with Crippen LogP contribution in [0, 0.1) is 0 Å². The number of nitrogens with one attached hydrogen (secondary N) is 1. The maximum Gasteiger partial charge on any atom is 0.229 e. The Balaban J connectivity index is 1.87. The van der Waals surface area contributed by atoms with E-state index in [1.807, 2.05) is 0 Å². The molecule has 0 spiro atoms. The SMILES string of the molecule is CS(=O)(=O)Nc1cccc2c(O)ccc(N=Nc3snc4nccnc34)c12. The van der Waals surface area contributed by atoms with Crippen molar-refractivity contribution < 1.29 is 13.5 Å². The van der Waals surface area contributed by atoms with E-state index in [2.05, 4.69) is 29.3 Å². The minimum Gasteiger partial charge on any atom is -0.507 e. The van der Waals surface area contributed by atoms with Crippen LogP contribution in [0.2, 0.25) is 0 Å². The Morgan fingerprint density at radius 2 is 1.93 bits per heavy atom. The molecule has 2 aromatic carbocycles. The number of hydrogen-bond acceptors (Lipinski definition) is 9. The molecule has 0 aliphatic carbocycles. The van der Waals surface area contributed by atoms with Crippen molar-refractivity contribution >= 4 is 59.9 Å². The summed E-state index contributed by atoms with van der Waals surface area (Å²) in [6.45, 7) is 0. The summed E-state index contributed by atoms with van der Waals surface area (Å²) in [6.07, 6.45) is 4.14. The van der Waals surface area contributed by atoms with Gasteiger partial charge in [0.2, 0.25) is 10.0 Å². The van der Waals surface area contributed by atoms with Gasteiger partial charge in [-0.05, 0) is 29.7 Å². The molecule has 27 heavy (non-hydrogen) atoms. The van der Waals surface area contributed by atoms with Crippen LogP contribution in [-0.2, 0) is 10.0 Å². The zero-order chi connectivity index (χ0) is 19.0. The highest BCUT2D eigenvalue weighted by Gasteiger charge is 2.13. The molecule has 0 bridgehead atoms. The van der Waals surface area contributed by atoms with E-state index >= 15 is 0 Å². The smallest absolute Gasteiger partial charge is 0.229 e. The normalized spacial score (nSPS) is 12.2. The summed E-state index contributed by atoms with van der Waals surface area (Å²) >= 11 is 1.11. The Hall–Kier alpha value is -3.18. The van der Waals surface area contributed by atoms with E-state index in [9.17, 15) is 13.5 Å². The molecule has 2 heterocycles. The number of nitrogens with zero attached hydrogens (tertiary/aromatic N) is 5. The Labute approximate surface area is 157 Å². The highest BCUT2D eigenvalue weighted by atomic mass is 32.2. The molecule has 11 heteroatoms. The fourth-order valence-electron chi connectivity index (χ4n) is 2.58. The molecule has 0 aliphatic heterocycles. The van der Waals surface area contributed by atoms with Crippen molar-refractivity contribution in [3.05, 3.63) is 42.7 Å². The summed E-state index contributed by atoms with van der Waals surface area (Å²) in [7, 11) is -3.52. The number of aromatic nitrogens is 3. The zero-order valence-electron chi connectivity index (χ0n) is 13.9. The Morgan fingerprint density at radius 3 is 2.74 bits per heavy atom. The molecule has 0 saturated heterocycles. The van der Waals surface area contributed by atoms with Crippen LogP contribution < -0.4 is 4.72 Å². The predicted molar refractivity (Wildman–Crippen MR) is 103 cm³/mol. The fraction of sp³-hybridized carbons (Fsp3) is 0.0625. The number of fused-ring (bicyclic) bond motifs is 2. The molecule has 0 unspecified atom stereocenters. The number of rotatable bonds is 4. The molecular weight excluding hydrogens is 388 g/mol. The lowest BCUT2D eigenvalue weighted by Gasteiger charge is -2.10. The number of anilines is 1. The van der Waals surface area contributed by atoms with Crippen LogP contribution in [0.4, 0.5) is 16.4 Å². The minimum absolute atomic E-state index is 0.00945. The maximum absolute atomic E-state index is 11.7. The Kier molecular flexibility index (Phi) is 4.16. The number of sulfonamides is 1. The van der Waals surface area contributed by atoms with Gasteiger partial charge in [0.25, 0.3) is 0 Å². The van der Waals surface area contributed by atoms with E-state index in [0.717, 1.165) is 17.8 Å². The molecule has 0 amide bonds. The molecular formula is C16H12N6O3S2. The first-order valence-electron chi connectivity index (χ1n) is 7.63. The van der Waals surface area contributed by atoms with Gasteiger partial charge in [-0.2, -0.15) is 4.37 Å². The molecule has 0 saturated carbocycles. The Bertz CT molecular complexity index is 1300. The van der Waals surface area contributed by atoms with Crippen LogP contribution in [-0.4, -0.2) is 34.1 Å². The maximum atomic E-state index is 11.7. The number of phenols is 1. The molecule has 0 aliphatic rings. The van der Waals surface area contributed by atoms with Crippen molar-refractivity contribution in [3.8, 4) is 5.75 Å². The van der Waals surface area contributed by atoms with Gasteiger partial charge < -0.3 is 5.11 Å². The molecule has 136 valence electrons. The number of benzene rings is 2. The minimum atomic E-state index is -3.52. The van der Waals surface area contributed by atoms with Crippen LogP contribution >= 0.6 is 11.5 Å².